The van der Waals surface area contributed by atoms with E-state index in [1.165, 1.54) is 6.92 Å². The van der Waals surface area contributed by atoms with E-state index in [4.69, 9.17) is 0 Å². The Morgan fingerprint density at radius 3 is 2.05 bits per heavy atom. The Bertz CT molecular complexity index is 495. The Balaban J connectivity index is 2.87. The molecule has 0 aliphatic heterocycles. The summed E-state index contributed by atoms with van der Waals surface area (Å²) in [6.07, 6.45) is 0.325. The van der Waals surface area contributed by atoms with E-state index in [0.717, 1.165) is 18.8 Å². The Hall–Kier alpha value is -2.04. The van der Waals surface area contributed by atoms with Crippen LogP contribution in [0.25, 0.3) is 0 Å². The lowest BCUT2D eigenvalue weighted by Crippen LogP contribution is -2.51. The van der Waals surface area contributed by atoms with Crippen molar-refractivity contribution in [2.45, 2.75) is 39.7 Å². The van der Waals surface area contributed by atoms with Crippen molar-refractivity contribution >= 4 is 17.6 Å². The van der Waals surface area contributed by atoms with Gasteiger partial charge in [0.2, 0.25) is 0 Å². The Labute approximate surface area is 126 Å². The number of hydrogen-bond donors (Lipinski definition) is 2. The maximum Gasteiger partial charge on any atom is 0.329 e. The molecule has 0 spiro atoms. The predicted molar refractivity (Wildman–Crippen MR) is 83.8 cm³/mol. The lowest BCUT2D eigenvalue weighted by Gasteiger charge is -2.25. The monoisotopic (exact) mass is 292 g/mol. The standard InChI is InChI=1S/C16H24N2O3/c1-5-16(4,15(20)21)17-14(19)12-8-10-13(11-9-12)18(6-2)7-3/h8-11H,5-7H2,1-4H3,(H,17,19)(H,20,21). The van der Waals surface area contributed by atoms with Crippen LogP contribution >= 0.6 is 0 Å². The number of amides is 1. The minimum absolute atomic E-state index is 0.325. The summed E-state index contributed by atoms with van der Waals surface area (Å²) in [5.74, 6) is -1.40. The fraction of sp³-hybridized carbons (Fsp3) is 0.500. The molecule has 1 aromatic carbocycles. The Kier molecular flexibility index (Phi) is 5.76. The molecule has 0 saturated carbocycles. The minimum Gasteiger partial charge on any atom is -0.480 e. The maximum absolute atomic E-state index is 12.2. The number of aliphatic carboxylic acids is 1. The van der Waals surface area contributed by atoms with Gasteiger partial charge in [0.05, 0.1) is 0 Å². The van der Waals surface area contributed by atoms with Crippen LogP contribution in [0.15, 0.2) is 24.3 Å². The molecule has 1 atom stereocenters. The van der Waals surface area contributed by atoms with E-state index >= 15 is 0 Å². The summed E-state index contributed by atoms with van der Waals surface area (Å²) in [5, 5.41) is 11.8. The van der Waals surface area contributed by atoms with Gasteiger partial charge in [0, 0.05) is 24.3 Å². The largest absolute Gasteiger partial charge is 0.480 e. The quantitative estimate of drug-likeness (QED) is 0.810. The molecule has 0 fully saturated rings. The van der Waals surface area contributed by atoms with Crippen LogP contribution in [0.2, 0.25) is 0 Å². The lowest BCUT2D eigenvalue weighted by atomic mass is 9.98. The second-order valence-corrected chi connectivity index (χ2v) is 5.16. The van der Waals surface area contributed by atoms with E-state index in [2.05, 4.69) is 24.1 Å². The number of nitrogens with one attached hydrogen (secondary N) is 1. The molecule has 5 nitrogen and oxygen atoms in total. The molecule has 5 heteroatoms. The number of carboxylic acids is 1. The number of carbonyl (C=O) groups is 2. The summed E-state index contributed by atoms with van der Waals surface area (Å²) in [5.41, 5.74) is 0.272. The van der Waals surface area contributed by atoms with Crippen molar-refractivity contribution in [3.8, 4) is 0 Å². The summed E-state index contributed by atoms with van der Waals surface area (Å²) in [7, 11) is 0. The summed E-state index contributed by atoms with van der Waals surface area (Å²) < 4.78 is 0. The first-order valence-corrected chi connectivity index (χ1v) is 7.28. The second kappa shape index (κ2) is 7.11. The summed E-state index contributed by atoms with van der Waals surface area (Å²) in [6, 6.07) is 7.21. The second-order valence-electron chi connectivity index (χ2n) is 5.16. The molecule has 0 heterocycles. The summed E-state index contributed by atoms with van der Waals surface area (Å²) >= 11 is 0. The zero-order valence-electron chi connectivity index (χ0n) is 13.1. The highest BCUT2D eigenvalue weighted by molar-refractivity contribution is 5.98. The van der Waals surface area contributed by atoms with Gasteiger partial charge in [0.25, 0.3) is 5.91 Å². The Morgan fingerprint density at radius 1 is 1.14 bits per heavy atom. The van der Waals surface area contributed by atoms with Crippen LogP contribution in [0.4, 0.5) is 5.69 Å². The summed E-state index contributed by atoms with van der Waals surface area (Å²) in [6.45, 7) is 9.19. The van der Waals surface area contributed by atoms with Gasteiger partial charge in [-0.1, -0.05) is 6.92 Å². The molecule has 1 unspecified atom stereocenters. The molecule has 0 aromatic heterocycles. The van der Waals surface area contributed by atoms with Gasteiger partial charge >= 0.3 is 5.97 Å². The highest BCUT2D eigenvalue weighted by Crippen LogP contribution is 2.16. The molecule has 0 aliphatic carbocycles. The zero-order chi connectivity index (χ0) is 16.0. The van der Waals surface area contributed by atoms with E-state index in [9.17, 15) is 14.7 Å². The number of rotatable bonds is 7. The smallest absolute Gasteiger partial charge is 0.329 e. The van der Waals surface area contributed by atoms with Crippen LogP contribution in [0.5, 0.6) is 0 Å². The number of anilines is 1. The van der Waals surface area contributed by atoms with Crippen LogP contribution in [-0.2, 0) is 4.79 Å². The number of benzene rings is 1. The average molecular weight is 292 g/mol. The number of hydrogen-bond acceptors (Lipinski definition) is 3. The van der Waals surface area contributed by atoms with Gasteiger partial charge in [0.15, 0.2) is 0 Å². The number of carbonyl (C=O) groups excluding carboxylic acids is 1. The van der Waals surface area contributed by atoms with Crippen LogP contribution in [-0.4, -0.2) is 35.6 Å². The van der Waals surface area contributed by atoms with Gasteiger partial charge in [-0.3, -0.25) is 4.79 Å². The molecule has 0 bridgehead atoms. The van der Waals surface area contributed by atoms with Gasteiger partial charge in [-0.05, 0) is 51.5 Å². The first-order valence-electron chi connectivity index (χ1n) is 7.28. The lowest BCUT2D eigenvalue weighted by molar-refractivity contribution is -0.143. The van der Waals surface area contributed by atoms with Gasteiger partial charge in [0.1, 0.15) is 5.54 Å². The molecule has 2 N–H and O–H groups in total. The topological polar surface area (TPSA) is 69.6 Å². The van der Waals surface area contributed by atoms with Crippen LogP contribution in [0.3, 0.4) is 0 Å². The van der Waals surface area contributed by atoms with Crippen molar-refractivity contribution in [2.75, 3.05) is 18.0 Å². The van der Waals surface area contributed by atoms with Crippen molar-refractivity contribution in [2.24, 2.45) is 0 Å². The average Bonchev–Trinajstić information content (AvgIpc) is 2.48. The fourth-order valence-corrected chi connectivity index (χ4v) is 2.03. The van der Waals surface area contributed by atoms with Gasteiger partial charge < -0.3 is 15.3 Å². The van der Waals surface area contributed by atoms with Crippen LogP contribution < -0.4 is 10.2 Å². The third-order valence-electron chi connectivity index (χ3n) is 3.83. The number of nitrogens with zero attached hydrogens (tertiary/aromatic N) is 1. The Morgan fingerprint density at radius 2 is 1.67 bits per heavy atom. The van der Waals surface area contributed by atoms with Crippen molar-refractivity contribution in [1.82, 2.24) is 5.32 Å². The summed E-state index contributed by atoms with van der Waals surface area (Å²) in [4.78, 5) is 25.6. The first kappa shape index (κ1) is 17.0. The molecule has 1 rings (SSSR count). The van der Waals surface area contributed by atoms with E-state index < -0.39 is 11.5 Å². The zero-order valence-corrected chi connectivity index (χ0v) is 13.1. The highest BCUT2D eigenvalue weighted by atomic mass is 16.4. The SMILES string of the molecule is CCN(CC)c1ccc(C(=O)NC(C)(CC)C(=O)O)cc1. The van der Waals surface area contributed by atoms with Crippen molar-refractivity contribution in [3.05, 3.63) is 29.8 Å². The molecular formula is C16H24N2O3. The molecule has 0 saturated heterocycles. The van der Waals surface area contributed by atoms with Gasteiger partial charge in [-0.25, -0.2) is 4.79 Å². The third-order valence-corrected chi connectivity index (χ3v) is 3.83. The molecule has 0 radical (unpaired) electrons. The predicted octanol–water partition coefficient (Wildman–Crippen LogP) is 2.52. The molecular weight excluding hydrogens is 268 g/mol. The molecule has 21 heavy (non-hydrogen) atoms. The van der Waals surface area contributed by atoms with Crippen molar-refractivity contribution < 1.29 is 14.7 Å². The minimum atomic E-state index is -1.24. The molecule has 116 valence electrons. The van der Waals surface area contributed by atoms with Gasteiger partial charge in [-0.15, -0.1) is 0 Å². The molecule has 1 amide bonds. The van der Waals surface area contributed by atoms with Gasteiger partial charge in [-0.2, -0.15) is 0 Å². The van der Waals surface area contributed by atoms with E-state index in [1.54, 1.807) is 19.1 Å². The number of carboxylic acid groups (broad SMARTS) is 1. The fourth-order valence-electron chi connectivity index (χ4n) is 2.03. The first-order chi connectivity index (χ1) is 9.87. The van der Waals surface area contributed by atoms with Crippen molar-refractivity contribution in [3.63, 3.8) is 0 Å². The maximum atomic E-state index is 12.2. The molecule has 1 aromatic rings. The van der Waals surface area contributed by atoms with E-state index in [0.29, 0.717) is 12.0 Å². The highest BCUT2D eigenvalue weighted by Gasteiger charge is 2.32. The molecule has 0 aliphatic rings. The van der Waals surface area contributed by atoms with E-state index in [-0.39, 0.29) is 5.91 Å². The third kappa shape index (κ3) is 3.97. The van der Waals surface area contributed by atoms with E-state index in [1.807, 2.05) is 12.1 Å². The van der Waals surface area contributed by atoms with Crippen LogP contribution in [0.1, 0.15) is 44.5 Å². The van der Waals surface area contributed by atoms with Crippen molar-refractivity contribution in [1.29, 1.82) is 0 Å². The normalized spacial score (nSPS) is 13.3. The van der Waals surface area contributed by atoms with Crippen LogP contribution in [0, 0.1) is 0 Å².